The van der Waals surface area contributed by atoms with E-state index in [9.17, 15) is 4.79 Å². The van der Waals surface area contributed by atoms with Gasteiger partial charge < -0.3 is 15.5 Å². The van der Waals surface area contributed by atoms with E-state index in [2.05, 4.69) is 10.6 Å². The van der Waals surface area contributed by atoms with Crippen LogP contribution in [0.1, 0.15) is 12.5 Å². The Morgan fingerprint density at radius 2 is 1.94 bits per heavy atom. The minimum Gasteiger partial charge on any atom is -0.334 e. The highest BCUT2D eigenvalue weighted by molar-refractivity contribution is 5.74. The van der Waals surface area contributed by atoms with Crippen LogP contribution in [0, 0.1) is 0 Å². The number of rotatable bonds is 5. The van der Waals surface area contributed by atoms with Gasteiger partial charge in [-0.3, -0.25) is 0 Å². The normalized spacial score (nSPS) is 12.2. The Labute approximate surface area is 103 Å². The predicted molar refractivity (Wildman–Crippen MR) is 69.8 cm³/mol. The van der Waals surface area contributed by atoms with Crippen LogP contribution in [0.3, 0.4) is 0 Å². The second-order valence-electron chi connectivity index (χ2n) is 4.48. The highest BCUT2D eigenvalue weighted by atomic mass is 16.2. The Hall–Kier alpha value is -1.55. The van der Waals surface area contributed by atoms with Gasteiger partial charge in [-0.15, -0.1) is 0 Å². The molecule has 0 aromatic heterocycles. The van der Waals surface area contributed by atoms with E-state index in [1.54, 1.807) is 0 Å². The van der Waals surface area contributed by atoms with E-state index in [1.807, 2.05) is 56.3 Å². The fraction of sp³-hybridized carbons (Fsp3) is 0.462. The highest BCUT2D eigenvalue weighted by Gasteiger charge is 2.07. The second-order valence-corrected chi connectivity index (χ2v) is 4.48. The van der Waals surface area contributed by atoms with Gasteiger partial charge in [0.05, 0.1) is 0 Å². The molecule has 2 N–H and O–H groups in total. The van der Waals surface area contributed by atoms with Crippen LogP contribution in [0.2, 0.25) is 0 Å². The van der Waals surface area contributed by atoms with E-state index in [0.29, 0.717) is 6.54 Å². The van der Waals surface area contributed by atoms with Crippen molar-refractivity contribution in [2.45, 2.75) is 19.5 Å². The molecule has 1 rings (SSSR count). The highest BCUT2D eigenvalue weighted by Crippen LogP contribution is 1.96. The van der Waals surface area contributed by atoms with E-state index in [0.717, 1.165) is 12.1 Å². The van der Waals surface area contributed by atoms with Crippen molar-refractivity contribution in [1.82, 2.24) is 15.5 Å². The van der Waals surface area contributed by atoms with Crippen LogP contribution < -0.4 is 10.6 Å². The van der Waals surface area contributed by atoms with Crippen LogP contribution in [0.15, 0.2) is 30.3 Å². The number of nitrogens with one attached hydrogen (secondary N) is 2. The van der Waals surface area contributed by atoms with Crippen LogP contribution in [0.25, 0.3) is 0 Å². The molecule has 0 bridgehead atoms. The molecule has 17 heavy (non-hydrogen) atoms. The van der Waals surface area contributed by atoms with E-state index in [-0.39, 0.29) is 12.1 Å². The summed E-state index contributed by atoms with van der Waals surface area (Å²) in [4.78, 5) is 13.6. The Morgan fingerprint density at radius 1 is 1.29 bits per heavy atom. The summed E-state index contributed by atoms with van der Waals surface area (Å²) in [7, 11) is 3.97. The molecule has 0 aliphatic carbocycles. The molecular formula is C13H21N3O. The molecule has 0 saturated carbocycles. The molecule has 0 spiro atoms. The molecule has 0 fully saturated rings. The van der Waals surface area contributed by atoms with Crippen LogP contribution in [-0.4, -0.2) is 37.6 Å². The van der Waals surface area contributed by atoms with Gasteiger partial charge in [-0.1, -0.05) is 30.3 Å². The minimum absolute atomic E-state index is 0.122. The summed E-state index contributed by atoms with van der Waals surface area (Å²) in [6, 6.07) is 9.88. The maximum atomic E-state index is 11.6. The van der Waals surface area contributed by atoms with Crippen molar-refractivity contribution < 1.29 is 4.79 Å². The van der Waals surface area contributed by atoms with Gasteiger partial charge >= 0.3 is 6.03 Å². The fourth-order valence-corrected chi connectivity index (χ4v) is 1.65. The summed E-state index contributed by atoms with van der Waals surface area (Å²) in [5, 5.41) is 5.72. The van der Waals surface area contributed by atoms with Crippen molar-refractivity contribution in [3.8, 4) is 0 Å². The van der Waals surface area contributed by atoms with Crippen molar-refractivity contribution >= 4 is 6.03 Å². The summed E-state index contributed by atoms with van der Waals surface area (Å²) in [5.74, 6) is 0. The number of urea groups is 1. The average Bonchev–Trinajstić information content (AvgIpc) is 2.26. The number of hydrogen-bond acceptors (Lipinski definition) is 2. The molecule has 2 amide bonds. The molecule has 0 heterocycles. The third kappa shape index (κ3) is 5.92. The van der Waals surface area contributed by atoms with Gasteiger partial charge in [0.1, 0.15) is 0 Å². The van der Waals surface area contributed by atoms with Crippen molar-refractivity contribution in [2.24, 2.45) is 0 Å². The molecule has 4 heteroatoms. The number of nitrogens with zero attached hydrogens (tertiary/aromatic N) is 1. The van der Waals surface area contributed by atoms with Gasteiger partial charge in [-0.25, -0.2) is 4.79 Å². The maximum Gasteiger partial charge on any atom is 0.315 e. The molecule has 0 radical (unpaired) electrons. The smallest absolute Gasteiger partial charge is 0.315 e. The van der Waals surface area contributed by atoms with Gasteiger partial charge in [-0.05, 0) is 26.6 Å². The Balaban J connectivity index is 2.26. The van der Waals surface area contributed by atoms with Gasteiger partial charge in [0.15, 0.2) is 0 Å². The zero-order chi connectivity index (χ0) is 12.7. The lowest BCUT2D eigenvalue weighted by Gasteiger charge is -2.18. The van der Waals surface area contributed by atoms with Crippen molar-refractivity contribution in [3.63, 3.8) is 0 Å². The van der Waals surface area contributed by atoms with Crippen LogP contribution in [0.4, 0.5) is 4.79 Å². The third-order valence-electron chi connectivity index (χ3n) is 2.31. The Kier molecular flexibility index (Phi) is 5.49. The fourth-order valence-electron chi connectivity index (χ4n) is 1.65. The number of likely N-dealkylation sites (N-methyl/N-ethyl adjacent to an activating group) is 1. The number of hydrogen-bond donors (Lipinski definition) is 2. The summed E-state index contributed by atoms with van der Waals surface area (Å²) in [5.41, 5.74) is 1.10. The lowest BCUT2D eigenvalue weighted by Crippen LogP contribution is -2.44. The molecule has 1 aromatic carbocycles. The van der Waals surface area contributed by atoms with Crippen molar-refractivity contribution in [2.75, 3.05) is 20.6 Å². The van der Waals surface area contributed by atoms with Gasteiger partial charge in [0.25, 0.3) is 0 Å². The molecular weight excluding hydrogens is 214 g/mol. The monoisotopic (exact) mass is 235 g/mol. The summed E-state index contributed by atoms with van der Waals surface area (Å²) in [6.07, 6.45) is 0. The molecule has 0 aliphatic heterocycles. The number of carbonyl (C=O) groups excluding carboxylic acids is 1. The minimum atomic E-state index is -0.122. The van der Waals surface area contributed by atoms with Gasteiger partial charge in [0.2, 0.25) is 0 Å². The number of carbonyl (C=O) groups is 1. The number of benzene rings is 1. The Bertz CT molecular complexity index is 338. The quantitative estimate of drug-likeness (QED) is 0.811. The first-order valence-electron chi connectivity index (χ1n) is 5.81. The molecule has 1 atom stereocenters. The summed E-state index contributed by atoms with van der Waals surface area (Å²) >= 11 is 0. The third-order valence-corrected chi connectivity index (χ3v) is 2.31. The molecule has 0 aliphatic rings. The van der Waals surface area contributed by atoms with E-state index in [4.69, 9.17) is 0 Å². The van der Waals surface area contributed by atoms with E-state index < -0.39 is 0 Å². The lowest BCUT2D eigenvalue weighted by atomic mass is 10.2. The topological polar surface area (TPSA) is 44.4 Å². The molecule has 4 nitrogen and oxygen atoms in total. The maximum absolute atomic E-state index is 11.6. The van der Waals surface area contributed by atoms with Crippen LogP contribution in [-0.2, 0) is 6.54 Å². The molecule has 0 unspecified atom stereocenters. The molecule has 0 saturated heterocycles. The SMILES string of the molecule is C[C@@H](CN(C)C)NC(=O)NCc1ccccc1. The first kappa shape index (κ1) is 13.5. The summed E-state index contributed by atoms with van der Waals surface area (Å²) < 4.78 is 0. The summed E-state index contributed by atoms with van der Waals surface area (Å²) in [6.45, 7) is 3.38. The second kappa shape index (κ2) is 6.91. The first-order valence-corrected chi connectivity index (χ1v) is 5.81. The molecule has 1 aromatic rings. The van der Waals surface area contributed by atoms with Crippen LogP contribution in [0.5, 0.6) is 0 Å². The van der Waals surface area contributed by atoms with Crippen molar-refractivity contribution in [3.05, 3.63) is 35.9 Å². The number of amides is 2. The zero-order valence-electron chi connectivity index (χ0n) is 10.7. The van der Waals surface area contributed by atoms with Crippen molar-refractivity contribution in [1.29, 1.82) is 0 Å². The van der Waals surface area contributed by atoms with E-state index in [1.165, 1.54) is 0 Å². The zero-order valence-corrected chi connectivity index (χ0v) is 10.7. The lowest BCUT2D eigenvalue weighted by molar-refractivity contribution is 0.234. The average molecular weight is 235 g/mol. The van der Waals surface area contributed by atoms with E-state index >= 15 is 0 Å². The first-order chi connectivity index (χ1) is 8.08. The molecule has 94 valence electrons. The van der Waals surface area contributed by atoms with Gasteiger partial charge in [0, 0.05) is 19.1 Å². The van der Waals surface area contributed by atoms with Gasteiger partial charge in [-0.2, -0.15) is 0 Å². The van der Waals surface area contributed by atoms with Crippen LogP contribution >= 0.6 is 0 Å². The standard InChI is InChI=1S/C13H21N3O/c1-11(10-16(2)3)15-13(17)14-9-12-7-5-4-6-8-12/h4-8,11H,9-10H2,1-3H3,(H2,14,15,17)/t11-/m0/s1. The largest absolute Gasteiger partial charge is 0.334 e. The Morgan fingerprint density at radius 3 is 2.53 bits per heavy atom. The predicted octanol–water partition coefficient (Wildman–Crippen LogP) is 1.44.